The number of carbonyl (C=O) groups is 2. The van der Waals surface area contributed by atoms with E-state index in [2.05, 4.69) is 0 Å². The van der Waals surface area contributed by atoms with Gasteiger partial charge in [0.25, 0.3) is 5.91 Å². The molecule has 0 bridgehead atoms. The molecule has 1 aliphatic rings. The maximum Gasteiger partial charge on any atom is 0.254 e. The highest BCUT2D eigenvalue weighted by molar-refractivity contribution is 8.25. The molecule has 2 N–H and O–H groups in total. The molecule has 0 radical (unpaired) electrons. The molecule has 116 valence electrons. The Bertz CT molecular complexity index is 613. The molecule has 1 amide bonds. The number of hydrogen-bond donors (Lipinski definition) is 1. The Kier molecular flexibility index (Phi) is 6.15. The smallest absolute Gasteiger partial charge is 0.254 e. The average molecular weight is 335 g/mol. The number of ketones is 1. The number of benzene rings is 1. The Labute approximate surface area is 138 Å². The molecule has 6 heteroatoms. The molecule has 1 aromatic carbocycles. The predicted molar refractivity (Wildman–Crippen MR) is 92.8 cm³/mol. The van der Waals surface area contributed by atoms with Gasteiger partial charge in [0.05, 0.1) is 10.8 Å². The van der Waals surface area contributed by atoms with Crippen molar-refractivity contribution >= 4 is 41.3 Å². The Balaban J connectivity index is 2.12. The Morgan fingerprint density at radius 2 is 1.86 bits per heavy atom. The summed E-state index contributed by atoms with van der Waals surface area (Å²) in [5.74, 6) is 1.56. The molecule has 0 aliphatic carbocycles. The molecule has 0 saturated carbocycles. The second kappa shape index (κ2) is 8.10. The van der Waals surface area contributed by atoms with Crippen molar-refractivity contribution in [2.45, 2.75) is 6.92 Å². The third kappa shape index (κ3) is 4.42. The van der Waals surface area contributed by atoms with Crippen molar-refractivity contribution in [3.8, 4) is 5.75 Å². The second-order valence-corrected chi connectivity index (χ2v) is 6.89. The summed E-state index contributed by atoms with van der Waals surface area (Å²) >= 11 is 3.01. The van der Waals surface area contributed by atoms with E-state index < -0.39 is 5.91 Å². The van der Waals surface area contributed by atoms with E-state index >= 15 is 0 Å². The minimum Gasteiger partial charge on any atom is -0.494 e. The van der Waals surface area contributed by atoms with Gasteiger partial charge in [-0.3, -0.25) is 9.59 Å². The van der Waals surface area contributed by atoms with Crippen LogP contribution in [0.15, 0.2) is 40.2 Å². The summed E-state index contributed by atoms with van der Waals surface area (Å²) in [6.07, 6.45) is 3.06. The lowest BCUT2D eigenvalue weighted by Gasteiger charge is -2.03. The summed E-state index contributed by atoms with van der Waals surface area (Å²) < 4.78 is 6.09. The second-order valence-electron chi connectivity index (χ2n) is 4.42. The van der Waals surface area contributed by atoms with Crippen molar-refractivity contribution in [1.29, 1.82) is 0 Å². The van der Waals surface area contributed by atoms with Gasteiger partial charge in [0.15, 0.2) is 5.78 Å². The van der Waals surface area contributed by atoms with Crippen LogP contribution >= 0.6 is 23.5 Å². The van der Waals surface area contributed by atoms with Gasteiger partial charge in [-0.2, -0.15) is 0 Å². The SMILES string of the molecule is CCOc1ccc(/C=C/C(=O)C(C(N)=O)=C2SCCS2)cc1. The third-order valence-corrected chi connectivity index (χ3v) is 5.58. The van der Waals surface area contributed by atoms with Gasteiger partial charge in [-0.25, -0.2) is 0 Å². The quantitative estimate of drug-likeness (QED) is 0.492. The van der Waals surface area contributed by atoms with Gasteiger partial charge in [0, 0.05) is 11.5 Å². The molecule has 1 saturated heterocycles. The fraction of sp³-hybridized carbons (Fsp3) is 0.250. The van der Waals surface area contributed by atoms with E-state index in [-0.39, 0.29) is 11.4 Å². The summed E-state index contributed by atoms with van der Waals surface area (Å²) in [6, 6.07) is 7.38. The minimum atomic E-state index is -0.668. The zero-order chi connectivity index (χ0) is 15.9. The van der Waals surface area contributed by atoms with Crippen LogP contribution in [0.5, 0.6) is 5.75 Å². The van der Waals surface area contributed by atoms with E-state index in [1.807, 2.05) is 31.2 Å². The van der Waals surface area contributed by atoms with Crippen LogP contribution in [0, 0.1) is 0 Å². The maximum atomic E-state index is 12.2. The first-order valence-corrected chi connectivity index (χ1v) is 8.84. The number of hydrogen-bond acceptors (Lipinski definition) is 5. The van der Waals surface area contributed by atoms with Crippen LogP contribution in [0.3, 0.4) is 0 Å². The Hall–Kier alpha value is -1.66. The van der Waals surface area contributed by atoms with E-state index in [0.717, 1.165) is 27.1 Å². The molecule has 2 rings (SSSR count). The van der Waals surface area contributed by atoms with Crippen LogP contribution < -0.4 is 10.5 Å². The first kappa shape index (κ1) is 16.7. The van der Waals surface area contributed by atoms with E-state index in [1.54, 1.807) is 6.08 Å². The van der Waals surface area contributed by atoms with Crippen LogP contribution in [0.2, 0.25) is 0 Å². The molecular weight excluding hydrogens is 318 g/mol. The Morgan fingerprint density at radius 1 is 1.23 bits per heavy atom. The highest BCUT2D eigenvalue weighted by atomic mass is 32.2. The number of rotatable bonds is 6. The Morgan fingerprint density at radius 3 is 2.41 bits per heavy atom. The molecule has 22 heavy (non-hydrogen) atoms. The third-order valence-electron chi connectivity index (χ3n) is 2.86. The molecule has 0 aromatic heterocycles. The monoisotopic (exact) mass is 335 g/mol. The molecule has 1 aliphatic heterocycles. The average Bonchev–Trinajstić information content (AvgIpc) is 3.00. The fourth-order valence-corrected chi connectivity index (χ4v) is 4.44. The number of allylic oxidation sites excluding steroid dienone is 1. The first-order chi connectivity index (χ1) is 10.6. The number of nitrogens with two attached hydrogens (primary N) is 1. The van der Waals surface area contributed by atoms with Crippen molar-refractivity contribution in [1.82, 2.24) is 0 Å². The molecule has 4 nitrogen and oxygen atoms in total. The van der Waals surface area contributed by atoms with Crippen molar-refractivity contribution in [3.63, 3.8) is 0 Å². The topological polar surface area (TPSA) is 69.4 Å². The summed E-state index contributed by atoms with van der Waals surface area (Å²) in [7, 11) is 0. The van der Waals surface area contributed by atoms with Crippen LogP contribution in [0.25, 0.3) is 6.08 Å². The van der Waals surface area contributed by atoms with E-state index in [1.165, 1.54) is 29.6 Å². The van der Waals surface area contributed by atoms with Gasteiger partial charge in [0.2, 0.25) is 0 Å². The lowest BCUT2D eigenvalue weighted by Crippen LogP contribution is -2.20. The number of amides is 1. The normalized spacial score (nSPS) is 14.3. The first-order valence-electron chi connectivity index (χ1n) is 6.86. The molecule has 1 fully saturated rings. The minimum absolute atomic E-state index is 0.0923. The lowest BCUT2D eigenvalue weighted by molar-refractivity contribution is -0.118. The van der Waals surface area contributed by atoms with Gasteiger partial charge in [-0.15, -0.1) is 23.5 Å². The fourth-order valence-electron chi connectivity index (χ4n) is 1.87. The molecule has 0 spiro atoms. The van der Waals surface area contributed by atoms with Crippen LogP contribution in [0.1, 0.15) is 12.5 Å². The van der Waals surface area contributed by atoms with E-state index in [9.17, 15) is 9.59 Å². The van der Waals surface area contributed by atoms with Gasteiger partial charge >= 0.3 is 0 Å². The molecular formula is C16H17NO3S2. The largest absolute Gasteiger partial charge is 0.494 e. The van der Waals surface area contributed by atoms with Gasteiger partial charge in [-0.05, 0) is 30.7 Å². The molecule has 1 heterocycles. The van der Waals surface area contributed by atoms with Crippen LogP contribution in [-0.4, -0.2) is 29.8 Å². The number of primary amides is 1. The summed E-state index contributed by atoms with van der Waals surface area (Å²) in [4.78, 5) is 23.7. The summed E-state index contributed by atoms with van der Waals surface area (Å²) in [5.41, 5.74) is 6.30. The highest BCUT2D eigenvalue weighted by Gasteiger charge is 2.22. The highest BCUT2D eigenvalue weighted by Crippen LogP contribution is 2.38. The van der Waals surface area contributed by atoms with Gasteiger partial charge in [0.1, 0.15) is 11.3 Å². The van der Waals surface area contributed by atoms with Crippen molar-refractivity contribution in [2.75, 3.05) is 18.1 Å². The number of ether oxygens (including phenoxy) is 1. The maximum absolute atomic E-state index is 12.2. The summed E-state index contributed by atoms with van der Waals surface area (Å²) in [5, 5.41) is 0. The van der Waals surface area contributed by atoms with Crippen molar-refractivity contribution in [3.05, 3.63) is 45.7 Å². The predicted octanol–water partition coefficient (Wildman–Crippen LogP) is 2.84. The standard InChI is InChI=1S/C16H17NO3S2/c1-2-20-12-6-3-11(4-7-12)5-8-13(18)14(15(17)19)16-21-9-10-22-16/h3-8H,2,9-10H2,1H3,(H2,17,19)/b8-5+. The number of thioether (sulfide) groups is 2. The number of carbonyl (C=O) groups excluding carboxylic acids is 2. The van der Waals surface area contributed by atoms with E-state index in [0.29, 0.717) is 6.61 Å². The zero-order valence-corrected chi connectivity index (χ0v) is 13.8. The molecule has 0 unspecified atom stereocenters. The van der Waals surface area contributed by atoms with Gasteiger partial charge in [-0.1, -0.05) is 18.2 Å². The molecule has 0 atom stereocenters. The summed E-state index contributed by atoms with van der Waals surface area (Å²) in [6.45, 7) is 2.53. The van der Waals surface area contributed by atoms with Crippen molar-refractivity contribution < 1.29 is 14.3 Å². The van der Waals surface area contributed by atoms with E-state index in [4.69, 9.17) is 10.5 Å². The van der Waals surface area contributed by atoms with Crippen molar-refractivity contribution in [2.24, 2.45) is 5.73 Å². The zero-order valence-electron chi connectivity index (χ0n) is 12.2. The van der Waals surface area contributed by atoms with Crippen LogP contribution in [-0.2, 0) is 9.59 Å². The van der Waals surface area contributed by atoms with Gasteiger partial charge < -0.3 is 10.5 Å². The molecule has 1 aromatic rings. The van der Waals surface area contributed by atoms with Crippen LogP contribution in [0.4, 0.5) is 0 Å². The lowest BCUT2D eigenvalue weighted by atomic mass is 10.1.